The maximum Gasteiger partial charge on any atom is 0.259 e. The highest BCUT2D eigenvalue weighted by Crippen LogP contribution is 2.41. The highest BCUT2D eigenvalue weighted by atomic mass is 32.1. The first-order valence-corrected chi connectivity index (χ1v) is 11.2. The molecule has 0 unspecified atom stereocenters. The molecule has 0 atom stereocenters. The Labute approximate surface area is 179 Å². The van der Waals surface area contributed by atoms with E-state index in [1.54, 1.807) is 32.4 Å². The van der Waals surface area contributed by atoms with Gasteiger partial charge in [0.1, 0.15) is 11.4 Å². The number of thiophene rings is 1. The minimum atomic E-state index is -1.12. The Hall–Kier alpha value is -2.18. The molecular formula is C24H28FNO3S. The van der Waals surface area contributed by atoms with Crippen molar-refractivity contribution in [2.45, 2.75) is 63.8 Å². The van der Waals surface area contributed by atoms with E-state index in [1.165, 1.54) is 11.3 Å². The first-order chi connectivity index (χ1) is 14.0. The molecule has 0 saturated heterocycles. The maximum absolute atomic E-state index is 14.2. The summed E-state index contributed by atoms with van der Waals surface area (Å²) >= 11 is 1.52. The van der Waals surface area contributed by atoms with Crippen molar-refractivity contribution in [1.29, 1.82) is 0 Å². The van der Waals surface area contributed by atoms with Crippen molar-refractivity contribution in [1.82, 2.24) is 4.57 Å². The average Bonchev–Trinajstić information content (AvgIpc) is 3.16. The summed E-state index contributed by atoms with van der Waals surface area (Å²) in [7, 11) is 1.74. The molecule has 4 rings (SSSR count). The number of pyridine rings is 1. The van der Waals surface area contributed by atoms with Crippen LogP contribution in [0.3, 0.4) is 0 Å². The maximum atomic E-state index is 14.2. The summed E-state index contributed by atoms with van der Waals surface area (Å²) in [5.74, 6) is 0.698. The molecule has 1 N–H and O–H groups in total. The van der Waals surface area contributed by atoms with Crippen LogP contribution in [-0.4, -0.2) is 21.4 Å². The molecule has 0 bridgehead atoms. The van der Waals surface area contributed by atoms with Gasteiger partial charge in [-0.25, -0.2) is 4.39 Å². The molecule has 1 saturated carbocycles. The zero-order chi connectivity index (χ0) is 21.7. The van der Waals surface area contributed by atoms with E-state index < -0.39 is 11.3 Å². The molecule has 3 aromatic rings. The van der Waals surface area contributed by atoms with Gasteiger partial charge in [0.15, 0.2) is 0 Å². The minimum absolute atomic E-state index is 0.0365. The van der Waals surface area contributed by atoms with E-state index in [0.717, 1.165) is 21.4 Å². The van der Waals surface area contributed by atoms with Gasteiger partial charge in [-0.3, -0.25) is 4.79 Å². The van der Waals surface area contributed by atoms with Crippen LogP contribution in [0.5, 0.6) is 5.75 Å². The highest BCUT2D eigenvalue weighted by molar-refractivity contribution is 7.17. The fourth-order valence-corrected chi connectivity index (χ4v) is 5.01. The fourth-order valence-electron chi connectivity index (χ4n) is 4.09. The Balaban J connectivity index is 1.82. The second-order valence-corrected chi connectivity index (χ2v) is 10.0. The largest absolute Gasteiger partial charge is 0.490 e. The van der Waals surface area contributed by atoms with Crippen LogP contribution in [0.25, 0.3) is 21.2 Å². The van der Waals surface area contributed by atoms with Gasteiger partial charge in [0, 0.05) is 29.1 Å². The zero-order valence-electron chi connectivity index (χ0n) is 17.9. The van der Waals surface area contributed by atoms with Crippen LogP contribution < -0.4 is 10.3 Å². The lowest BCUT2D eigenvalue weighted by atomic mass is 9.86. The summed E-state index contributed by atoms with van der Waals surface area (Å²) in [4.78, 5) is 12.5. The molecule has 0 radical (unpaired) electrons. The molecule has 1 fully saturated rings. The molecule has 0 aliphatic heterocycles. The van der Waals surface area contributed by atoms with Crippen LogP contribution in [-0.2, 0) is 12.6 Å². The van der Waals surface area contributed by atoms with Gasteiger partial charge >= 0.3 is 0 Å². The number of aromatic nitrogens is 1. The van der Waals surface area contributed by atoms with Crippen molar-refractivity contribution >= 4 is 21.4 Å². The van der Waals surface area contributed by atoms with Crippen LogP contribution in [0.4, 0.5) is 4.39 Å². The number of halogens is 1. The van der Waals surface area contributed by atoms with Crippen molar-refractivity contribution < 1.29 is 14.2 Å². The van der Waals surface area contributed by atoms with E-state index in [1.807, 2.05) is 35.8 Å². The lowest BCUT2D eigenvalue weighted by molar-refractivity contribution is 0.0579. The molecule has 4 nitrogen and oxygen atoms in total. The monoisotopic (exact) mass is 429 g/mol. The van der Waals surface area contributed by atoms with Crippen molar-refractivity contribution in [3.05, 3.63) is 51.8 Å². The third-order valence-corrected chi connectivity index (χ3v) is 6.98. The number of ether oxygens (including phenoxy) is 1. The number of benzene rings is 1. The first-order valence-electron chi connectivity index (χ1n) is 10.3. The zero-order valence-corrected chi connectivity index (χ0v) is 18.7. The number of aliphatic hydroxyl groups is 1. The van der Waals surface area contributed by atoms with Gasteiger partial charge in [0.25, 0.3) is 5.56 Å². The van der Waals surface area contributed by atoms with Gasteiger partial charge in [-0.15, -0.1) is 11.3 Å². The normalized spacial score (nSPS) is 22.4. The predicted octanol–water partition coefficient (Wildman–Crippen LogP) is 5.54. The summed E-state index contributed by atoms with van der Waals surface area (Å²) in [6, 6.07) is 7.54. The average molecular weight is 430 g/mol. The standard InChI is InChI=1S/C24H28FNO3S/c1-23(2,28)15-5-6-20(29-16-7-10-24(3,25)11-8-16)18(13-15)19-14-26(4)22(27)17-9-12-30-21(17)19/h5-6,9,12-14,16,28H,7-8,10-11H2,1-4H3. The van der Waals surface area contributed by atoms with Crippen molar-refractivity contribution in [2.24, 2.45) is 7.05 Å². The van der Waals surface area contributed by atoms with Crippen LogP contribution in [0.15, 0.2) is 40.6 Å². The molecule has 2 heterocycles. The number of rotatable bonds is 4. The van der Waals surface area contributed by atoms with Gasteiger partial charge in [0.2, 0.25) is 0 Å². The number of alkyl halides is 1. The van der Waals surface area contributed by atoms with E-state index >= 15 is 0 Å². The molecule has 2 aromatic heterocycles. The van der Waals surface area contributed by atoms with E-state index in [-0.39, 0.29) is 11.7 Å². The smallest absolute Gasteiger partial charge is 0.259 e. The second kappa shape index (κ2) is 7.50. The van der Waals surface area contributed by atoms with Gasteiger partial charge in [-0.1, -0.05) is 6.07 Å². The van der Waals surface area contributed by atoms with Gasteiger partial charge < -0.3 is 14.4 Å². The number of hydrogen-bond donors (Lipinski definition) is 1. The molecule has 0 amide bonds. The van der Waals surface area contributed by atoms with E-state index in [4.69, 9.17) is 4.74 Å². The summed E-state index contributed by atoms with van der Waals surface area (Å²) in [5.41, 5.74) is 0.340. The Morgan fingerprint density at radius 1 is 1.23 bits per heavy atom. The molecule has 1 aromatic carbocycles. The number of nitrogens with zero attached hydrogens (tertiary/aromatic N) is 1. The van der Waals surface area contributed by atoms with Gasteiger partial charge in [0.05, 0.1) is 17.1 Å². The lowest BCUT2D eigenvalue weighted by Gasteiger charge is -2.32. The fraction of sp³-hybridized carbons (Fsp3) is 0.458. The molecule has 1 aliphatic rings. The van der Waals surface area contributed by atoms with Crippen molar-refractivity contribution in [3.8, 4) is 16.9 Å². The van der Waals surface area contributed by atoms with E-state index in [2.05, 4.69) is 0 Å². The number of fused-ring (bicyclic) bond motifs is 1. The Bertz CT molecular complexity index is 1130. The van der Waals surface area contributed by atoms with Crippen LogP contribution in [0, 0.1) is 0 Å². The summed E-state index contributed by atoms with van der Waals surface area (Å²) in [6.07, 6.45) is 4.10. The topological polar surface area (TPSA) is 51.5 Å². The van der Waals surface area contributed by atoms with E-state index in [9.17, 15) is 14.3 Å². The minimum Gasteiger partial charge on any atom is -0.490 e. The Kier molecular flexibility index (Phi) is 5.27. The Morgan fingerprint density at radius 2 is 1.93 bits per heavy atom. The summed E-state index contributed by atoms with van der Waals surface area (Å²) in [6.45, 7) is 5.15. The summed E-state index contributed by atoms with van der Waals surface area (Å²) in [5, 5.41) is 13.2. The third kappa shape index (κ3) is 4.03. The quantitative estimate of drug-likeness (QED) is 0.592. The molecule has 0 spiro atoms. The molecule has 160 valence electrons. The van der Waals surface area contributed by atoms with Crippen molar-refractivity contribution in [3.63, 3.8) is 0 Å². The van der Waals surface area contributed by atoms with Crippen LogP contribution in [0.2, 0.25) is 0 Å². The van der Waals surface area contributed by atoms with Crippen LogP contribution >= 0.6 is 11.3 Å². The molecule has 1 aliphatic carbocycles. The van der Waals surface area contributed by atoms with Gasteiger partial charge in [-0.2, -0.15) is 0 Å². The summed E-state index contributed by atoms with van der Waals surface area (Å²) < 4.78 is 23.1. The first kappa shape index (κ1) is 21.1. The molecule has 30 heavy (non-hydrogen) atoms. The molecular weight excluding hydrogens is 401 g/mol. The molecule has 6 heteroatoms. The van der Waals surface area contributed by atoms with E-state index in [0.29, 0.717) is 36.8 Å². The van der Waals surface area contributed by atoms with Gasteiger partial charge in [-0.05, 0) is 75.6 Å². The SMILES string of the molecule is Cn1cc(-c2cc(C(C)(C)O)ccc2OC2CCC(C)(F)CC2)c2sccc2c1=O. The highest BCUT2D eigenvalue weighted by Gasteiger charge is 2.32. The lowest BCUT2D eigenvalue weighted by Crippen LogP contribution is -2.31. The predicted molar refractivity (Wildman–Crippen MR) is 120 cm³/mol. The number of hydrogen-bond acceptors (Lipinski definition) is 4. The third-order valence-electron chi connectivity index (χ3n) is 6.03. The Morgan fingerprint density at radius 3 is 2.60 bits per heavy atom. The van der Waals surface area contributed by atoms with Crippen molar-refractivity contribution in [2.75, 3.05) is 0 Å². The second-order valence-electron chi connectivity index (χ2n) is 9.12. The number of aryl methyl sites for hydroxylation is 1. The van der Waals surface area contributed by atoms with Crippen LogP contribution in [0.1, 0.15) is 52.0 Å².